The molecular formula is C13H19N3O. The van der Waals surface area contributed by atoms with Gasteiger partial charge in [-0.1, -0.05) is 25.1 Å². The van der Waals surface area contributed by atoms with E-state index in [4.69, 9.17) is 11.5 Å². The van der Waals surface area contributed by atoms with Crippen LogP contribution >= 0.6 is 0 Å². The van der Waals surface area contributed by atoms with Crippen LogP contribution in [0.5, 0.6) is 0 Å². The fourth-order valence-electron chi connectivity index (χ4n) is 2.73. The molecule has 4 nitrogen and oxygen atoms in total. The van der Waals surface area contributed by atoms with Crippen LogP contribution in [0.3, 0.4) is 0 Å². The molecule has 0 radical (unpaired) electrons. The van der Waals surface area contributed by atoms with Crippen molar-refractivity contribution in [2.45, 2.75) is 25.3 Å². The maximum atomic E-state index is 11.6. The SMILES string of the molecule is CC1c2ccccc2NC(CCN)C1C(N)=O. The second-order valence-electron chi connectivity index (χ2n) is 4.63. The molecule has 2 rings (SSSR count). The highest BCUT2D eigenvalue weighted by molar-refractivity contribution is 5.81. The summed E-state index contributed by atoms with van der Waals surface area (Å²) < 4.78 is 0. The summed E-state index contributed by atoms with van der Waals surface area (Å²) in [6.07, 6.45) is 0.756. The molecule has 1 amide bonds. The van der Waals surface area contributed by atoms with Gasteiger partial charge in [0.25, 0.3) is 0 Å². The smallest absolute Gasteiger partial charge is 0.223 e. The highest BCUT2D eigenvalue weighted by Crippen LogP contribution is 2.38. The Kier molecular flexibility index (Phi) is 3.33. The van der Waals surface area contributed by atoms with Gasteiger partial charge in [0, 0.05) is 11.7 Å². The Morgan fingerprint density at radius 3 is 2.76 bits per heavy atom. The van der Waals surface area contributed by atoms with E-state index in [0.717, 1.165) is 17.7 Å². The van der Waals surface area contributed by atoms with E-state index >= 15 is 0 Å². The van der Waals surface area contributed by atoms with Crippen molar-refractivity contribution in [2.75, 3.05) is 11.9 Å². The Hall–Kier alpha value is -1.55. The lowest BCUT2D eigenvalue weighted by Gasteiger charge is -2.37. The fourth-order valence-corrected chi connectivity index (χ4v) is 2.73. The number of para-hydroxylation sites is 1. The van der Waals surface area contributed by atoms with Gasteiger partial charge in [-0.05, 0) is 30.5 Å². The van der Waals surface area contributed by atoms with Gasteiger partial charge in [0.15, 0.2) is 0 Å². The molecule has 0 saturated heterocycles. The van der Waals surface area contributed by atoms with Crippen LogP contribution in [0, 0.1) is 5.92 Å². The molecule has 17 heavy (non-hydrogen) atoms. The van der Waals surface area contributed by atoms with E-state index in [1.807, 2.05) is 24.3 Å². The lowest BCUT2D eigenvalue weighted by Crippen LogP contribution is -2.45. The second-order valence-corrected chi connectivity index (χ2v) is 4.63. The lowest BCUT2D eigenvalue weighted by atomic mass is 9.77. The third-order valence-electron chi connectivity index (χ3n) is 3.57. The highest BCUT2D eigenvalue weighted by Gasteiger charge is 2.36. The fraction of sp³-hybridized carbons (Fsp3) is 0.462. The number of benzene rings is 1. The summed E-state index contributed by atoms with van der Waals surface area (Å²) in [5.41, 5.74) is 13.4. The number of amides is 1. The van der Waals surface area contributed by atoms with Crippen LogP contribution in [0.1, 0.15) is 24.8 Å². The Labute approximate surface area is 101 Å². The molecule has 1 aromatic rings. The first-order chi connectivity index (χ1) is 8.15. The van der Waals surface area contributed by atoms with Crippen LogP contribution < -0.4 is 16.8 Å². The molecule has 1 heterocycles. The first kappa shape index (κ1) is 11.9. The minimum absolute atomic E-state index is 0.0439. The minimum Gasteiger partial charge on any atom is -0.381 e. The van der Waals surface area contributed by atoms with Crippen LogP contribution in [0.15, 0.2) is 24.3 Å². The summed E-state index contributed by atoms with van der Waals surface area (Å²) in [5.74, 6) is -0.298. The van der Waals surface area contributed by atoms with Gasteiger partial charge < -0.3 is 16.8 Å². The van der Waals surface area contributed by atoms with Crippen LogP contribution in [0.2, 0.25) is 0 Å². The number of nitrogens with one attached hydrogen (secondary N) is 1. The van der Waals surface area contributed by atoms with Gasteiger partial charge in [0.2, 0.25) is 5.91 Å². The average Bonchev–Trinajstić information content (AvgIpc) is 2.29. The summed E-state index contributed by atoms with van der Waals surface area (Å²) in [6.45, 7) is 2.61. The molecule has 1 aliphatic rings. The van der Waals surface area contributed by atoms with Gasteiger partial charge in [-0.2, -0.15) is 0 Å². The third-order valence-corrected chi connectivity index (χ3v) is 3.57. The number of hydrogen-bond donors (Lipinski definition) is 3. The number of nitrogens with two attached hydrogens (primary N) is 2. The van der Waals surface area contributed by atoms with E-state index in [9.17, 15) is 4.79 Å². The van der Waals surface area contributed by atoms with E-state index in [0.29, 0.717) is 6.54 Å². The maximum Gasteiger partial charge on any atom is 0.223 e. The number of rotatable bonds is 3. The Balaban J connectivity index is 2.37. The third kappa shape index (κ3) is 2.13. The number of hydrogen-bond acceptors (Lipinski definition) is 3. The van der Waals surface area contributed by atoms with E-state index in [2.05, 4.69) is 12.2 Å². The van der Waals surface area contributed by atoms with Gasteiger partial charge in [0.05, 0.1) is 5.92 Å². The summed E-state index contributed by atoms with van der Waals surface area (Å²) in [5, 5.41) is 3.38. The first-order valence-electron chi connectivity index (χ1n) is 6.00. The van der Waals surface area contributed by atoms with Crippen LogP contribution in [-0.2, 0) is 4.79 Å². The molecule has 92 valence electrons. The normalized spacial score (nSPS) is 27.1. The summed E-state index contributed by atoms with van der Waals surface area (Å²) >= 11 is 0. The zero-order valence-electron chi connectivity index (χ0n) is 10.0. The largest absolute Gasteiger partial charge is 0.381 e. The van der Waals surface area contributed by atoms with Crippen molar-refractivity contribution in [3.05, 3.63) is 29.8 Å². The van der Waals surface area contributed by atoms with Crippen molar-refractivity contribution in [1.82, 2.24) is 0 Å². The maximum absolute atomic E-state index is 11.6. The Morgan fingerprint density at radius 2 is 2.12 bits per heavy atom. The van der Waals surface area contributed by atoms with Gasteiger partial charge in [0.1, 0.15) is 0 Å². The van der Waals surface area contributed by atoms with Crippen molar-refractivity contribution < 1.29 is 4.79 Å². The molecule has 3 atom stereocenters. The van der Waals surface area contributed by atoms with Crippen molar-refractivity contribution in [2.24, 2.45) is 17.4 Å². The van der Waals surface area contributed by atoms with Gasteiger partial charge in [-0.3, -0.25) is 4.79 Å². The molecule has 0 aromatic heterocycles. The van der Waals surface area contributed by atoms with Crippen LogP contribution in [-0.4, -0.2) is 18.5 Å². The van der Waals surface area contributed by atoms with Crippen LogP contribution in [0.4, 0.5) is 5.69 Å². The van der Waals surface area contributed by atoms with Crippen molar-refractivity contribution >= 4 is 11.6 Å². The van der Waals surface area contributed by atoms with Gasteiger partial charge in [-0.25, -0.2) is 0 Å². The quantitative estimate of drug-likeness (QED) is 0.729. The summed E-state index contributed by atoms with van der Waals surface area (Å²) in [4.78, 5) is 11.6. The molecule has 0 bridgehead atoms. The second kappa shape index (κ2) is 4.75. The van der Waals surface area contributed by atoms with Gasteiger partial charge >= 0.3 is 0 Å². The number of carbonyl (C=O) groups excluding carboxylic acids is 1. The number of primary amides is 1. The number of anilines is 1. The van der Waals surface area contributed by atoms with E-state index in [-0.39, 0.29) is 23.8 Å². The highest BCUT2D eigenvalue weighted by atomic mass is 16.1. The predicted octanol–water partition coefficient (Wildman–Crippen LogP) is 1.03. The zero-order chi connectivity index (χ0) is 12.4. The number of carbonyl (C=O) groups is 1. The number of fused-ring (bicyclic) bond motifs is 1. The summed E-state index contributed by atoms with van der Waals surface area (Å²) in [7, 11) is 0. The van der Waals surface area contributed by atoms with Crippen LogP contribution in [0.25, 0.3) is 0 Å². The van der Waals surface area contributed by atoms with E-state index < -0.39 is 0 Å². The molecule has 0 spiro atoms. The molecule has 1 aliphatic heterocycles. The molecule has 0 fully saturated rings. The molecular weight excluding hydrogens is 214 g/mol. The predicted molar refractivity (Wildman–Crippen MR) is 68.6 cm³/mol. The van der Waals surface area contributed by atoms with E-state index in [1.54, 1.807) is 0 Å². The molecule has 3 unspecified atom stereocenters. The zero-order valence-corrected chi connectivity index (χ0v) is 10.0. The molecule has 0 aliphatic carbocycles. The molecule has 5 N–H and O–H groups in total. The molecule has 1 aromatic carbocycles. The Bertz CT molecular complexity index is 419. The Morgan fingerprint density at radius 1 is 1.41 bits per heavy atom. The standard InChI is InChI=1S/C13H19N3O/c1-8-9-4-2-3-5-10(9)16-11(6-7-14)12(8)13(15)17/h2-5,8,11-12,16H,6-7,14H2,1H3,(H2,15,17). The average molecular weight is 233 g/mol. The monoisotopic (exact) mass is 233 g/mol. The van der Waals surface area contributed by atoms with Crippen molar-refractivity contribution in [1.29, 1.82) is 0 Å². The van der Waals surface area contributed by atoms with E-state index in [1.165, 1.54) is 0 Å². The minimum atomic E-state index is -0.252. The first-order valence-corrected chi connectivity index (χ1v) is 6.00. The lowest BCUT2D eigenvalue weighted by molar-refractivity contribution is -0.123. The van der Waals surface area contributed by atoms with Crippen molar-refractivity contribution in [3.63, 3.8) is 0 Å². The van der Waals surface area contributed by atoms with Crippen molar-refractivity contribution in [3.8, 4) is 0 Å². The molecule has 4 heteroatoms. The molecule has 0 saturated carbocycles. The van der Waals surface area contributed by atoms with Gasteiger partial charge in [-0.15, -0.1) is 0 Å². The topological polar surface area (TPSA) is 81.1 Å². The summed E-state index contributed by atoms with van der Waals surface area (Å²) in [6, 6.07) is 8.09.